The lowest BCUT2D eigenvalue weighted by Crippen LogP contribution is -2.24. The Morgan fingerprint density at radius 2 is 2.07 bits per heavy atom. The Morgan fingerprint density at radius 3 is 2.60 bits per heavy atom. The predicted molar refractivity (Wildman–Crippen MR) is 57.9 cm³/mol. The molecule has 15 heavy (non-hydrogen) atoms. The average Bonchev–Trinajstić information content (AvgIpc) is 2.10. The number of hydrogen-bond acceptors (Lipinski definition) is 2. The van der Waals surface area contributed by atoms with Crippen molar-refractivity contribution in [2.75, 3.05) is 19.3 Å². The van der Waals surface area contributed by atoms with E-state index in [0.29, 0.717) is 6.54 Å². The molecule has 2 N–H and O–H groups in total. The quantitative estimate of drug-likeness (QED) is 0.779. The van der Waals surface area contributed by atoms with Crippen molar-refractivity contribution in [3.8, 4) is 0 Å². The zero-order valence-electron chi connectivity index (χ0n) is 9.00. The van der Waals surface area contributed by atoms with Gasteiger partial charge in [0.1, 0.15) is 0 Å². The normalized spacial score (nSPS) is 11.3. The molecule has 0 aliphatic heterocycles. The van der Waals surface area contributed by atoms with Crippen LogP contribution in [-0.4, -0.2) is 24.9 Å². The molecule has 0 bridgehead atoms. The third-order valence-electron chi connectivity index (χ3n) is 2.24. The summed E-state index contributed by atoms with van der Waals surface area (Å²) in [6.45, 7) is 2.22. The summed E-state index contributed by atoms with van der Waals surface area (Å²) in [6, 6.07) is 5.60. The first-order valence-corrected chi connectivity index (χ1v) is 4.80. The van der Waals surface area contributed by atoms with E-state index >= 15 is 0 Å². The van der Waals surface area contributed by atoms with Crippen molar-refractivity contribution >= 4 is 5.69 Å². The summed E-state index contributed by atoms with van der Waals surface area (Å²) in [6.07, 6.45) is -2.29. The fraction of sp³-hybridized carbons (Fsp3) is 0.455. The number of halogens is 2. The van der Waals surface area contributed by atoms with Crippen LogP contribution in [0.2, 0.25) is 0 Å². The van der Waals surface area contributed by atoms with Crippen LogP contribution in [0.3, 0.4) is 0 Å². The van der Waals surface area contributed by atoms with Gasteiger partial charge in [0, 0.05) is 12.2 Å². The van der Waals surface area contributed by atoms with E-state index in [-0.39, 0.29) is 6.54 Å². The molecular weight excluding hydrogens is 198 g/mol. The fourth-order valence-corrected chi connectivity index (χ4v) is 1.45. The number of rotatable bonds is 4. The number of benzene rings is 1. The number of alkyl halides is 2. The lowest BCUT2D eigenvalue weighted by Gasteiger charge is -2.16. The molecule has 1 aromatic rings. The SMILES string of the molecule is Cc1cc(CN(C)CC(F)F)ccc1N. The maximum atomic E-state index is 12.1. The number of nitrogens with two attached hydrogens (primary N) is 1. The highest BCUT2D eigenvalue weighted by atomic mass is 19.3. The van der Waals surface area contributed by atoms with Crippen LogP contribution in [0.15, 0.2) is 18.2 Å². The first kappa shape index (κ1) is 11.9. The van der Waals surface area contributed by atoms with Gasteiger partial charge in [0.15, 0.2) is 0 Å². The molecule has 0 saturated heterocycles. The van der Waals surface area contributed by atoms with Gasteiger partial charge in [-0.3, -0.25) is 4.90 Å². The summed E-state index contributed by atoms with van der Waals surface area (Å²) in [5, 5.41) is 0. The molecule has 84 valence electrons. The van der Waals surface area contributed by atoms with Crippen LogP contribution < -0.4 is 5.73 Å². The molecule has 2 nitrogen and oxygen atoms in total. The molecule has 0 aliphatic carbocycles. The molecule has 0 spiro atoms. The smallest absolute Gasteiger partial charge is 0.251 e. The Morgan fingerprint density at radius 1 is 1.40 bits per heavy atom. The highest BCUT2D eigenvalue weighted by Gasteiger charge is 2.08. The third kappa shape index (κ3) is 3.83. The molecule has 4 heteroatoms. The van der Waals surface area contributed by atoms with Gasteiger partial charge in [-0.15, -0.1) is 0 Å². The predicted octanol–water partition coefficient (Wildman–Crippen LogP) is 2.27. The largest absolute Gasteiger partial charge is 0.399 e. The van der Waals surface area contributed by atoms with Crippen LogP contribution in [0.5, 0.6) is 0 Å². The Bertz CT molecular complexity index is 326. The second-order valence-corrected chi connectivity index (χ2v) is 3.78. The molecule has 0 aliphatic rings. The van der Waals surface area contributed by atoms with E-state index in [0.717, 1.165) is 16.8 Å². The molecule has 0 fully saturated rings. The van der Waals surface area contributed by atoms with Gasteiger partial charge in [0.25, 0.3) is 6.43 Å². The standard InChI is InChI=1S/C11H16F2N2/c1-8-5-9(3-4-10(8)14)6-15(2)7-11(12)13/h3-5,11H,6-7,14H2,1-2H3. The first-order valence-electron chi connectivity index (χ1n) is 4.80. The number of anilines is 1. The molecule has 1 rings (SSSR count). The van der Waals surface area contributed by atoms with Crippen molar-refractivity contribution in [1.29, 1.82) is 0 Å². The molecule has 0 amide bonds. The minimum Gasteiger partial charge on any atom is -0.399 e. The average molecular weight is 214 g/mol. The van der Waals surface area contributed by atoms with Crippen molar-refractivity contribution in [1.82, 2.24) is 4.90 Å². The Hall–Kier alpha value is -1.16. The lowest BCUT2D eigenvalue weighted by atomic mass is 10.1. The second kappa shape index (κ2) is 5.07. The highest BCUT2D eigenvalue weighted by Crippen LogP contribution is 2.14. The summed E-state index contributed by atoms with van der Waals surface area (Å²) in [4.78, 5) is 1.59. The summed E-state index contributed by atoms with van der Waals surface area (Å²) in [5.41, 5.74) is 8.39. The van der Waals surface area contributed by atoms with Crippen molar-refractivity contribution < 1.29 is 8.78 Å². The Labute approximate surface area is 88.7 Å². The maximum Gasteiger partial charge on any atom is 0.251 e. The lowest BCUT2D eigenvalue weighted by molar-refractivity contribution is 0.0975. The first-order chi connectivity index (χ1) is 6.99. The molecule has 0 unspecified atom stereocenters. The van der Waals surface area contributed by atoms with Gasteiger partial charge < -0.3 is 5.73 Å². The number of nitrogens with zero attached hydrogens (tertiary/aromatic N) is 1. The molecule has 0 heterocycles. The monoisotopic (exact) mass is 214 g/mol. The van der Waals surface area contributed by atoms with E-state index in [9.17, 15) is 8.78 Å². The molecule has 0 radical (unpaired) electrons. The van der Waals surface area contributed by atoms with Gasteiger partial charge in [-0.25, -0.2) is 8.78 Å². The molecule has 0 atom stereocenters. The number of hydrogen-bond donors (Lipinski definition) is 1. The summed E-state index contributed by atoms with van der Waals surface area (Å²) < 4.78 is 24.1. The van der Waals surface area contributed by atoms with E-state index < -0.39 is 6.43 Å². The molecule has 1 aromatic carbocycles. The van der Waals surface area contributed by atoms with E-state index in [4.69, 9.17) is 5.73 Å². The van der Waals surface area contributed by atoms with Gasteiger partial charge in [0.2, 0.25) is 0 Å². The van der Waals surface area contributed by atoms with Crippen molar-refractivity contribution in [3.05, 3.63) is 29.3 Å². The van der Waals surface area contributed by atoms with Crippen molar-refractivity contribution in [3.63, 3.8) is 0 Å². The minimum absolute atomic E-state index is 0.205. The minimum atomic E-state index is -2.29. The van der Waals surface area contributed by atoms with Gasteiger partial charge >= 0.3 is 0 Å². The van der Waals surface area contributed by atoms with Crippen molar-refractivity contribution in [2.45, 2.75) is 19.9 Å². The van der Waals surface area contributed by atoms with Crippen molar-refractivity contribution in [2.24, 2.45) is 0 Å². The summed E-state index contributed by atoms with van der Waals surface area (Å²) in [5.74, 6) is 0. The van der Waals surface area contributed by atoms with Crippen LogP contribution in [0.25, 0.3) is 0 Å². The van der Waals surface area contributed by atoms with Crippen LogP contribution >= 0.6 is 0 Å². The van der Waals surface area contributed by atoms with Crippen LogP contribution in [0.1, 0.15) is 11.1 Å². The second-order valence-electron chi connectivity index (χ2n) is 3.78. The van der Waals surface area contributed by atoms with E-state index in [1.165, 1.54) is 0 Å². The summed E-state index contributed by atoms with van der Waals surface area (Å²) >= 11 is 0. The van der Waals surface area contributed by atoms with Gasteiger partial charge in [-0.1, -0.05) is 12.1 Å². The summed E-state index contributed by atoms with van der Waals surface area (Å²) in [7, 11) is 1.68. The van der Waals surface area contributed by atoms with E-state index in [1.807, 2.05) is 19.1 Å². The topological polar surface area (TPSA) is 29.3 Å². The Kier molecular flexibility index (Phi) is 4.03. The zero-order valence-corrected chi connectivity index (χ0v) is 9.00. The molecular formula is C11H16F2N2. The van der Waals surface area contributed by atoms with E-state index in [2.05, 4.69) is 0 Å². The molecule has 0 aromatic heterocycles. The third-order valence-corrected chi connectivity index (χ3v) is 2.24. The number of nitrogen functional groups attached to an aromatic ring is 1. The van der Waals surface area contributed by atoms with Crippen LogP contribution in [-0.2, 0) is 6.54 Å². The van der Waals surface area contributed by atoms with Gasteiger partial charge in [-0.05, 0) is 31.2 Å². The van der Waals surface area contributed by atoms with Crippen LogP contribution in [0.4, 0.5) is 14.5 Å². The van der Waals surface area contributed by atoms with Gasteiger partial charge in [-0.2, -0.15) is 0 Å². The fourth-order valence-electron chi connectivity index (χ4n) is 1.45. The Balaban J connectivity index is 2.60. The number of aryl methyl sites for hydroxylation is 1. The zero-order chi connectivity index (χ0) is 11.4. The van der Waals surface area contributed by atoms with Crippen LogP contribution in [0, 0.1) is 6.92 Å². The maximum absolute atomic E-state index is 12.1. The van der Waals surface area contributed by atoms with Gasteiger partial charge in [0.05, 0.1) is 6.54 Å². The molecule has 0 saturated carbocycles. The van der Waals surface area contributed by atoms with E-state index in [1.54, 1.807) is 18.0 Å². The highest BCUT2D eigenvalue weighted by molar-refractivity contribution is 5.47.